The molecule has 1 aliphatic heterocycles. The van der Waals surface area contributed by atoms with Crippen molar-refractivity contribution in [2.75, 3.05) is 25.0 Å². The third-order valence-corrected chi connectivity index (χ3v) is 3.28. The van der Waals surface area contributed by atoms with Gasteiger partial charge in [-0.15, -0.1) is 0 Å². The number of likely N-dealkylation sites (tertiary alicyclic amines) is 1. The van der Waals surface area contributed by atoms with Crippen molar-refractivity contribution in [3.05, 3.63) is 28.7 Å². The van der Waals surface area contributed by atoms with Crippen LogP contribution in [0.2, 0.25) is 0 Å². The summed E-state index contributed by atoms with van der Waals surface area (Å²) in [6.45, 7) is 1.12. The van der Waals surface area contributed by atoms with Gasteiger partial charge in [-0.2, -0.15) is 0 Å². The number of anilines is 1. The van der Waals surface area contributed by atoms with Gasteiger partial charge in [-0.1, -0.05) is 22.0 Å². The van der Waals surface area contributed by atoms with Crippen molar-refractivity contribution in [3.63, 3.8) is 0 Å². The Morgan fingerprint density at radius 2 is 2.17 bits per heavy atom. The van der Waals surface area contributed by atoms with Crippen LogP contribution in [0.1, 0.15) is 0 Å². The number of benzene rings is 1. The predicted molar refractivity (Wildman–Crippen MR) is 70.3 cm³/mol. The molecule has 0 bridgehead atoms. The molecule has 2 N–H and O–H groups in total. The fourth-order valence-electron chi connectivity index (χ4n) is 1.82. The van der Waals surface area contributed by atoms with E-state index in [-0.39, 0.29) is 18.4 Å². The van der Waals surface area contributed by atoms with E-state index >= 15 is 0 Å². The van der Waals surface area contributed by atoms with E-state index in [1.807, 2.05) is 23.1 Å². The standard InChI is InChI=1S/C12H13BrN2O3/c13-9-2-1-3-10(4-9)14-11(16)7-15-5-8(6-15)12(17)18/h1-4,8H,5-7H2,(H,14,16)(H,17,18). The lowest BCUT2D eigenvalue weighted by Gasteiger charge is -2.35. The number of halogens is 1. The zero-order chi connectivity index (χ0) is 13.1. The SMILES string of the molecule is O=C(CN1CC(C(=O)O)C1)Nc1cccc(Br)c1. The summed E-state index contributed by atoms with van der Waals surface area (Å²) < 4.78 is 0.898. The number of carbonyl (C=O) groups is 2. The number of carboxylic acid groups (broad SMARTS) is 1. The highest BCUT2D eigenvalue weighted by atomic mass is 79.9. The highest BCUT2D eigenvalue weighted by Gasteiger charge is 2.33. The number of hydrogen-bond donors (Lipinski definition) is 2. The van der Waals surface area contributed by atoms with Crippen molar-refractivity contribution >= 4 is 33.5 Å². The van der Waals surface area contributed by atoms with Gasteiger partial charge >= 0.3 is 5.97 Å². The van der Waals surface area contributed by atoms with Crippen molar-refractivity contribution < 1.29 is 14.7 Å². The van der Waals surface area contributed by atoms with Gasteiger partial charge in [-0.25, -0.2) is 0 Å². The Bertz CT molecular complexity index is 472. The molecule has 18 heavy (non-hydrogen) atoms. The first-order valence-electron chi connectivity index (χ1n) is 5.55. The van der Waals surface area contributed by atoms with E-state index in [9.17, 15) is 9.59 Å². The van der Waals surface area contributed by atoms with Crippen LogP contribution < -0.4 is 5.32 Å². The second kappa shape index (κ2) is 5.49. The van der Waals surface area contributed by atoms with Crippen molar-refractivity contribution in [1.29, 1.82) is 0 Å². The van der Waals surface area contributed by atoms with Crippen molar-refractivity contribution in [2.45, 2.75) is 0 Å². The topological polar surface area (TPSA) is 69.6 Å². The molecular weight excluding hydrogens is 300 g/mol. The number of nitrogens with one attached hydrogen (secondary N) is 1. The maximum absolute atomic E-state index is 11.7. The first-order valence-corrected chi connectivity index (χ1v) is 6.34. The summed E-state index contributed by atoms with van der Waals surface area (Å²) in [6, 6.07) is 7.33. The Labute approximate surface area is 113 Å². The number of nitrogens with zero attached hydrogens (tertiary/aromatic N) is 1. The molecule has 1 saturated heterocycles. The summed E-state index contributed by atoms with van der Waals surface area (Å²) in [4.78, 5) is 24.1. The molecule has 1 aromatic rings. The van der Waals surface area contributed by atoms with Crippen LogP contribution in [0.4, 0.5) is 5.69 Å². The molecule has 1 aromatic carbocycles. The molecule has 0 saturated carbocycles. The summed E-state index contributed by atoms with van der Waals surface area (Å²) in [5.74, 6) is -1.25. The highest BCUT2D eigenvalue weighted by molar-refractivity contribution is 9.10. The second-order valence-corrected chi connectivity index (χ2v) is 5.20. The number of rotatable bonds is 4. The Hall–Kier alpha value is -1.40. The Morgan fingerprint density at radius 1 is 1.44 bits per heavy atom. The van der Waals surface area contributed by atoms with Crippen LogP contribution in [0.3, 0.4) is 0 Å². The highest BCUT2D eigenvalue weighted by Crippen LogP contribution is 2.17. The summed E-state index contributed by atoms with van der Waals surface area (Å²) in [6.07, 6.45) is 0. The van der Waals surface area contributed by atoms with Gasteiger partial charge in [-0.3, -0.25) is 14.5 Å². The van der Waals surface area contributed by atoms with Gasteiger partial charge in [0.05, 0.1) is 12.5 Å². The van der Waals surface area contributed by atoms with Gasteiger partial charge in [0, 0.05) is 23.2 Å². The smallest absolute Gasteiger partial charge is 0.309 e. The molecule has 1 heterocycles. The molecule has 1 fully saturated rings. The largest absolute Gasteiger partial charge is 0.481 e. The number of amides is 1. The molecule has 1 amide bonds. The van der Waals surface area contributed by atoms with Crippen LogP contribution >= 0.6 is 15.9 Å². The molecular formula is C12H13BrN2O3. The number of carboxylic acids is 1. The maximum atomic E-state index is 11.7. The molecule has 1 aliphatic rings. The summed E-state index contributed by atoms with van der Waals surface area (Å²) in [5.41, 5.74) is 0.727. The molecule has 0 spiro atoms. The lowest BCUT2D eigenvalue weighted by Crippen LogP contribution is -2.52. The minimum Gasteiger partial charge on any atom is -0.481 e. The third kappa shape index (κ3) is 3.30. The monoisotopic (exact) mass is 312 g/mol. The van der Waals surface area contributed by atoms with Gasteiger partial charge in [-0.05, 0) is 18.2 Å². The molecule has 2 rings (SSSR count). The fraction of sp³-hybridized carbons (Fsp3) is 0.333. The van der Waals surface area contributed by atoms with Crippen LogP contribution in [0, 0.1) is 5.92 Å². The molecule has 0 aliphatic carbocycles. The average Bonchev–Trinajstić information content (AvgIpc) is 2.22. The Kier molecular flexibility index (Phi) is 3.98. The maximum Gasteiger partial charge on any atom is 0.309 e. The zero-order valence-electron chi connectivity index (χ0n) is 9.60. The van der Waals surface area contributed by atoms with Gasteiger partial charge in [0.2, 0.25) is 5.91 Å². The fourth-order valence-corrected chi connectivity index (χ4v) is 2.22. The molecule has 0 atom stereocenters. The normalized spacial score (nSPS) is 16.1. The second-order valence-electron chi connectivity index (χ2n) is 4.29. The number of aliphatic carboxylic acids is 1. The number of hydrogen-bond acceptors (Lipinski definition) is 3. The Balaban J connectivity index is 1.78. The summed E-state index contributed by atoms with van der Waals surface area (Å²) in [5, 5.41) is 11.5. The molecule has 6 heteroatoms. The van der Waals surface area contributed by atoms with E-state index in [2.05, 4.69) is 21.2 Å². The van der Waals surface area contributed by atoms with Crippen LogP contribution in [0.5, 0.6) is 0 Å². The van der Waals surface area contributed by atoms with Crippen LogP contribution in [0.25, 0.3) is 0 Å². The summed E-state index contributed by atoms with van der Waals surface area (Å²) in [7, 11) is 0. The van der Waals surface area contributed by atoms with Crippen molar-refractivity contribution in [3.8, 4) is 0 Å². The van der Waals surface area contributed by atoms with Crippen LogP contribution in [-0.4, -0.2) is 41.5 Å². The molecule has 5 nitrogen and oxygen atoms in total. The average molecular weight is 313 g/mol. The van der Waals surface area contributed by atoms with Gasteiger partial charge in [0.25, 0.3) is 0 Å². The first kappa shape index (κ1) is 13.0. The molecule has 96 valence electrons. The first-order chi connectivity index (χ1) is 8.54. The Morgan fingerprint density at radius 3 is 2.78 bits per heavy atom. The van der Waals surface area contributed by atoms with Crippen LogP contribution in [-0.2, 0) is 9.59 Å². The van der Waals surface area contributed by atoms with Gasteiger partial charge in [0.15, 0.2) is 0 Å². The van der Waals surface area contributed by atoms with E-state index in [1.165, 1.54) is 0 Å². The van der Waals surface area contributed by atoms with Crippen molar-refractivity contribution in [2.24, 2.45) is 5.92 Å². The van der Waals surface area contributed by atoms with Gasteiger partial charge < -0.3 is 10.4 Å². The predicted octanol–water partition coefficient (Wildman–Crippen LogP) is 1.40. The van der Waals surface area contributed by atoms with E-state index in [0.717, 1.165) is 10.2 Å². The zero-order valence-corrected chi connectivity index (χ0v) is 11.2. The van der Waals surface area contributed by atoms with Crippen LogP contribution in [0.15, 0.2) is 28.7 Å². The summed E-state index contributed by atoms with van der Waals surface area (Å²) >= 11 is 3.32. The lowest BCUT2D eigenvalue weighted by atomic mass is 10.0. The van der Waals surface area contributed by atoms with E-state index in [1.54, 1.807) is 6.07 Å². The quantitative estimate of drug-likeness (QED) is 0.882. The minimum absolute atomic E-state index is 0.128. The third-order valence-electron chi connectivity index (χ3n) is 2.78. The molecule has 0 aromatic heterocycles. The van der Waals surface area contributed by atoms with E-state index in [4.69, 9.17) is 5.11 Å². The number of carbonyl (C=O) groups excluding carboxylic acids is 1. The van der Waals surface area contributed by atoms with E-state index in [0.29, 0.717) is 13.1 Å². The minimum atomic E-state index is -0.793. The van der Waals surface area contributed by atoms with E-state index < -0.39 is 5.97 Å². The lowest BCUT2D eigenvalue weighted by molar-refractivity contribution is -0.148. The molecule has 0 radical (unpaired) electrons. The van der Waals surface area contributed by atoms with Gasteiger partial charge in [0.1, 0.15) is 0 Å². The molecule has 0 unspecified atom stereocenters. The van der Waals surface area contributed by atoms with Crippen molar-refractivity contribution in [1.82, 2.24) is 4.90 Å².